The van der Waals surface area contributed by atoms with E-state index in [2.05, 4.69) is 59.3 Å². The molecule has 66 valence electrons. The lowest BCUT2D eigenvalue weighted by molar-refractivity contribution is 0.895. The van der Waals surface area contributed by atoms with Gasteiger partial charge in [-0.3, -0.25) is 0 Å². The number of unbranched alkanes of at least 4 members (excludes halogenated alkanes) is 1. The van der Waals surface area contributed by atoms with E-state index in [1.807, 2.05) is 0 Å². The molecule has 0 bridgehead atoms. The molecule has 1 unspecified atom stereocenters. The van der Waals surface area contributed by atoms with Crippen LogP contribution in [0.1, 0.15) is 19.8 Å². The third-order valence-corrected chi connectivity index (χ3v) is 6.43. The fourth-order valence-corrected chi connectivity index (χ4v) is 4.35. The van der Waals surface area contributed by atoms with Gasteiger partial charge in [-0.2, -0.15) is 0 Å². The van der Waals surface area contributed by atoms with Gasteiger partial charge in [0, 0.05) is 0 Å². The van der Waals surface area contributed by atoms with Gasteiger partial charge >= 0.3 is 0 Å². The Morgan fingerprint density at radius 3 is 2.50 bits per heavy atom. The van der Waals surface area contributed by atoms with E-state index in [1.165, 1.54) is 24.3 Å². The fraction of sp³-hybridized carbons (Fsp3) is 0.400. The average molecular weight is 292 g/mol. The molecular formula is C10H14IP. The fourth-order valence-electron chi connectivity index (χ4n) is 1.02. The van der Waals surface area contributed by atoms with Gasteiger partial charge < -0.3 is 0 Å². The van der Waals surface area contributed by atoms with Crippen LogP contribution in [-0.2, 0) is 0 Å². The minimum Gasteiger partial charge on any atom is -0.0654 e. The molecule has 0 aliphatic carbocycles. The number of rotatable bonds is 4. The van der Waals surface area contributed by atoms with Crippen molar-refractivity contribution in [3.8, 4) is 0 Å². The summed E-state index contributed by atoms with van der Waals surface area (Å²) in [4.78, 5) is 0. The molecule has 0 aromatic heterocycles. The molecule has 1 rings (SSSR count). The van der Waals surface area contributed by atoms with Crippen molar-refractivity contribution in [1.29, 1.82) is 0 Å². The van der Waals surface area contributed by atoms with Gasteiger partial charge in [-0.25, -0.2) is 0 Å². The molecule has 0 aliphatic rings. The van der Waals surface area contributed by atoms with Crippen LogP contribution in [0.5, 0.6) is 0 Å². The van der Waals surface area contributed by atoms with E-state index < -0.39 is 0 Å². The Hall–Kier alpha value is 0.380. The molecule has 0 amide bonds. The van der Waals surface area contributed by atoms with Gasteiger partial charge in [0.15, 0.2) is 0 Å². The van der Waals surface area contributed by atoms with Crippen molar-refractivity contribution < 1.29 is 0 Å². The first-order chi connectivity index (χ1) is 5.84. The van der Waals surface area contributed by atoms with E-state index in [0.29, 0.717) is 0 Å². The molecule has 0 spiro atoms. The summed E-state index contributed by atoms with van der Waals surface area (Å²) in [6.45, 7) is 2.25. The molecule has 0 N–H and O–H groups in total. The lowest BCUT2D eigenvalue weighted by Crippen LogP contribution is -1.97. The Bertz CT molecular complexity index is 210. The van der Waals surface area contributed by atoms with Crippen LogP contribution >= 0.6 is 27.6 Å². The van der Waals surface area contributed by atoms with Crippen molar-refractivity contribution in [2.45, 2.75) is 19.8 Å². The zero-order valence-corrected chi connectivity index (χ0v) is 10.4. The molecule has 0 saturated carbocycles. The lowest BCUT2D eigenvalue weighted by Gasteiger charge is -2.08. The molecular weight excluding hydrogens is 278 g/mol. The standard InChI is InChI=1S/C10H14IP/c1-2-3-9-12(11)10-7-5-4-6-8-10/h4-8H,2-3,9H2,1H3. The van der Waals surface area contributed by atoms with Crippen LogP contribution < -0.4 is 5.30 Å². The van der Waals surface area contributed by atoms with Crippen LogP contribution in [0.2, 0.25) is 0 Å². The third kappa shape index (κ3) is 3.40. The largest absolute Gasteiger partial charge is 0.0654 e. The van der Waals surface area contributed by atoms with Crippen molar-refractivity contribution in [3.63, 3.8) is 0 Å². The van der Waals surface area contributed by atoms with E-state index >= 15 is 0 Å². The predicted octanol–water partition coefficient (Wildman–Crippen LogP) is 3.94. The molecule has 2 heteroatoms. The highest BCUT2D eigenvalue weighted by Crippen LogP contribution is 2.44. The molecule has 0 radical (unpaired) electrons. The van der Waals surface area contributed by atoms with Crippen LogP contribution in [0.3, 0.4) is 0 Å². The van der Waals surface area contributed by atoms with Crippen LogP contribution in [0.15, 0.2) is 30.3 Å². The van der Waals surface area contributed by atoms with Crippen molar-refractivity contribution in [1.82, 2.24) is 0 Å². The van der Waals surface area contributed by atoms with Crippen molar-refractivity contribution in [2.75, 3.05) is 6.16 Å². The van der Waals surface area contributed by atoms with Gasteiger partial charge in [0.1, 0.15) is 0 Å². The molecule has 12 heavy (non-hydrogen) atoms. The normalized spacial score (nSPS) is 12.8. The molecule has 0 aliphatic heterocycles. The molecule has 1 aromatic carbocycles. The van der Waals surface area contributed by atoms with Crippen LogP contribution in [0.25, 0.3) is 0 Å². The van der Waals surface area contributed by atoms with Crippen molar-refractivity contribution in [2.24, 2.45) is 0 Å². The SMILES string of the molecule is CCCCP(I)c1ccccc1. The smallest absolute Gasteiger partial charge is 0.00953 e. The van der Waals surface area contributed by atoms with Gasteiger partial charge in [-0.1, -0.05) is 43.7 Å². The summed E-state index contributed by atoms with van der Waals surface area (Å²) < 4.78 is 0. The van der Waals surface area contributed by atoms with Crippen molar-refractivity contribution >= 4 is 32.9 Å². The number of halogens is 1. The Morgan fingerprint density at radius 1 is 1.25 bits per heavy atom. The summed E-state index contributed by atoms with van der Waals surface area (Å²) in [7, 11) is 0. The summed E-state index contributed by atoms with van der Waals surface area (Å²) in [6.07, 6.45) is 4.05. The maximum atomic E-state index is 2.60. The number of hydrogen-bond acceptors (Lipinski definition) is 0. The van der Waals surface area contributed by atoms with E-state index in [4.69, 9.17) is 0 Å². The Morgan fingerprint density at radius 2 is 1.92 bits per heavy atom. The summed E-state index contributed by atoms with van der Waals surface area (Å²) in [5.74, 6) is 0. The average Bonchev–Trinajstić information content (AvgIpc) is 2.15. The highest BCUT2D eigenvalue weighted by atomic mass is 127. The molecule has 1 aromatic rings. The molecule has 0 fully saturated rings. The highest BCUT2D eigenvalue weighted by Gasteiger charge is 2.03. The first-order valence-corrected chi connectivity index (χ1v) is 8.64. The quantitative estimate of drug-likeness (QED) is 0.582. The second kappa shape index (κ2) is 5.93. The monoisotopic (exact) mass is 292 g/mol. The molecule has 0 heterocycles. The molecule has 0 nitrogen and oxygen atoms in total. The Balaban J connectivity index is 2.48. The topological polar surface area (TPSA) is 0 Å². The van der Waals surface area contributed by atoms with Crippen LogP contribution in [0.4, 0.5) is 0 Å². The lowest BCUT2D eigenvalue weighted by atomic mass is 10.4. The zero-order valence-electron chi connectivity index (χ0n) is 7.33. The molecule has 1 atom stereocenters. The Kier molecular flexibility index (Phi) is 5.17. The van der Waals surface area contributed by atoms with Gasteiger partial charge in [0.25, 0.3) is 0 Å². The first-order valence-electron chi connectivity index (χ1n) is 4.33. The van der Waals surface area contributed by atoms with Crippen LogP contribution in [-0.4, -0.2) is 6.16 Å². The molecule has 0 saturated heterocycles. The van der Waals surface area contributed by atoms with Gasteiger partial charge in [0.05, 0.1) is 0 Å². The summed E-state index contributed by atoms with van der Waals surface area (Å²) in [5, 5.41) is 1.53. The summed E-state index contributed by atoms with van der Waals surface area (Å²) in [6, 6.07) is 10.8. The van der Waals surface area contributed by atoms with Crippen molar-refractivity contribution in [3.05, 3.63) is 30.3 Å². The third-order valence-electron chi connectivity index (χ3n) is 1.74. The van der Waals surface area contributed by atoms with E-state index in [0.717, 1.165) is 0 Å². The second-order valence-electron chi connectivity index (χ2n) is 2.77. The maximum absolute atomic E-state index is 2.60. The maximum Gasteiger partial charge on any atom is -0.00953 e. The van der Waals surface area contributed by atoms with E-state index in [1.54, 1.807) is 0 Å². The van der Waals surface area contributed by atoms with E-state index in [9.17, 15) is 0 Å². The predicted molar refractivity (Wildman–Crippen MR) is 66.8 cm³/mol. The first kappa shape index (κ1) is 10.5. The zero-order chi connectivity index (χ0) is 8.81. The Labute approximate surface area is 89.0 Å². The van der Waals surface area contributed by atoms with Crippen LogP contribution in [0, 0.1) is 0 Å². The minimum atomic E-state index is 0.0884. The highest BCUT2D eigenvalue weighted by molar-refractivity contribution is 14.2. The number of benzene rings is 1. The second-order valence-corrected chi connectivity index (χ2v) is 7.96. The van der Waals surface area contributed by atoms with Gasteiger partial charge in [-0.15, -0.1) is 0 Å². The van der Waals surface area contributed by atoms with Gasteiger partial charge in [-0.05, 0) is 45.5 Å². The minimum absolute atomic E-state index is 0.0884. The van der Waals surface area contributed by atoms with Gasteiger partial charge in [0.2, 0.25) is 0 Å². The summed E-state index contributed by atoms with van der Waals surface area (Å²) in [5.41, 5.74) is 0.0884. The number of hydrogen-bond donors (Lipinski definition) is 0. The summed E-state index contributed by atoms with van der Waals surface area (Å²) >= 11 is 2.60. The van der Waals surface area contributed by atoms with E-state index in [-0.39, 0.29) is 5.56 Å².